The van der Waals surface area contributed by atoms with Crippen molar-refractivity contribution in [3.8, 4) is 5.75 Å². The zero-order valence-corrected chi connectivity index (χ0v) is 17.0. The first-order valence-corrected chi connectivity index (χ1v) is 9.72. The molecule has 0 radical (unpaired) electrons. The van der Waals surface area contributed by atoms with Gasteiger partial charge in [0.2, 0.25) is 5.91 Å². The maximum atomic E-state index is 12.4. The van der Waals surface area contributed by atoms with E-state index in [2.05, 4.69) is 10.9 Å². The monoisotopic (exact) mass is 404 g/mol. The van der Waals surface area contributed by atoms with E-state index in [4.69, 9.17) is 4.74 Å². The number of carbonyl (C=O) groups is 3. The minimum absolute atomic E-state index is 0.0239. The van der Waals surface area contributed by atoms with Gasteiger partial charge in [0.1, 0.15) is 5.75 Å². The van der Waals surface area contributed by atoms with Crippen LogP contribution in [0, 0.1) is 13.8 Å². The van der Waals surface area contributed by atoms with Crippen molar-refractivity contribution in [1.82, 2.24) is 10.9 Å². The lowest BCUT2D eigenvalue weighted by atomic mass is 10.0. The molecule has 2 N–H and O–H groups in total. The average molecular weight is 404 g/mol. The third-order valence-corrected chi connectivity index (χ3v) is 4.84. The Labute approximate surface area is 175 Å². The Kier molecular flexibility index (Phi) is 6.80. The van der Waals surface area contributed by atoms with Crippen molar-refractivity contribution in [2.45, 2.75) is 26.7 Å². The van der Waals surface area contributed by atoms with E-state index < -0.39 is 11.8 Å². The quantitative estimate of drug-likeness (QED) is 0.465. The van der Waals surface area contributed by atoms with Crippen molar-refractivity contribution < 1.29 is 19.1 Å². The predicted octanol–water partition coefficient (Wildman–Crippen LogP) is 3.65. The van der Waals surface area contributed by atoms with E-state index in [1.807, 2.05) is 62.4 Å². The first-order valence-electron chi connectivity index (χ1n) is 9.72. The Bertz CT molecular complexity index is 1090. The Morgan fingerprint density at radius 2 is 1.50 bits per heavy atom. The average Bonchev–Trinajstić information content (AvgIpc) is 2.76. The maximum Gasteiger partial charge on any atom is 0.276 e. The minimum atomic E-state index is -0.484. The molecule has 0 aromatic heterocycles. The molecule has 0 spiro atoms. The summed E-state index contributed by atoms with van der Waals surface area (Å²) < 4.78 is 5.41. The predicted molar refractivity (Wildman–Crippen MR) is 115 cm³/mol. The first kappa shape index (κ1) is 21.0. The van der Waals surface area contributed by atoms with E-state index in [0.29, 0.717) is 11.3 Å². The van der Waals surface area contributed by atoms with Gasteiger partial charge >= 0.3 is 0 Å². The number of fused-ring (bicyclic) bond motifs is 1. The smallest absolute Gasteiger partial charge is 0.276 e. The van der Waals surface area contributed by atoms with Crippen molar-refractivity contribution in [1.29, 1.82) is 0 Å². The number of hydrogen-bond acceptors (Lipinski definition) is 4. The fourth-order valence-corrected chi connectivity index (χ4v) is 2.92. The molecule has 0 saturated heterocycles. The van der Waals surface area contributed by atoms with Crippen LogP contribution < -0.4 is 15.6 Å². The van der Waals surface area contributed by atoms with E-state index >= 15 is 0 Å². The van der Waals surface area contributed by atoms with Gasteiger partial charge in [-0.2, -0.15) is 0 Å². The van der Waals surface area contributed by atoms with E-state index in [9.17, 15) is 14.4 Å². The summed E-state index contributed by atoms with van der Waals surface area (Å²) in [5, 5.41) is 2.03. The second-order valence-corrected chi connectivity index (χ2v) is 7.12. The molecular weight excluding hydrogens is 380 g/mol. The van der Waals surface area contributed by atoms with Crippen molar-refractivity contribution in [3.63, 3.8) is 0 Å². The number of aryl methyl sites for hydroxylation is 2. The number of carbonyl (C=O) groups excluding carboxylic acids is 3. The van der Waals surface area contributed by atoms with Crippen LogP contribution in [0.2, 0.25) is 0 Å². The molecule has 0 aliphatic heterocycles. The highest BCUT2D eigenvalue weighted by atomic mass is 16.5. The van der Waals surface area contributed by atoms with Crippen LogP contribution in [-0.2, 0) is 9.59 Å². The number of ether oxygens (including phenoxy) is 1. The molecule has 3 aromatic rings. The molecule has 0 fully saturated rings. The summed E-state index contributed by atoms with van der Waals surface area (Å²) in [6.07, 6.45) is 0.0309. The Morgan fingerprint density at radius 3 is 2.27 bits per heavy atom. The van der Waals surface area contributed by atoms with Gasteiger partial charge in [-0.05, 0) is 53.9 Å². The molecule has 2 amide bonds. The fourth-order valence-electron chi connectivity index (χ4n) is 2.92. The van der Waals surface area contributed by atoms with Crippen LogP contribution in [0.25, 0.3) is 10.8 Å². The van der Waals surface area contributed by atoms with Gasteiger partial charge in [0, 0.05) is 18.4 Å². The van der Waals surface area contributed by atoms with Gasteiger partial charge in [-0.25, -0.2) is 0 Å². The van der Waals surface area contributed by atoms with Crippen LogP contribution in [-0.4, -0.2) is 24.2 Å². The molecule has 0 saturated carbocycles. The Balaban J connectivity index is 1.40. The number of Topliss-reactive ketones (excluding diaryl/α,β-unsaturated/α-hetero) is 1. The van der Waals surface area contributed by atoms with Crippen LogP contribution >= 0.6 is 0 Å². The van der Waals surface area contributed by atoms with Crippen LogP contribution in [0.1, 0.15) is 34.3 Å². The van der Waals surface area contributed by atoms with E-state index in [-0.39, 0.29) is 25.2 Å². The third kappa shape index (κ3) is 5.67. The lowest BCUT2D eigenvalue weighted by Crippen LogP contribution is -2.43. The number of hydrazine groups is 1. The summed E-state index contributed by atoms with van der Waals surface area (Å²) >= 11 is 0. The number of ketones is 1. The number of nitrogens with one attached hydrogen (secondary N) is 2. The summed E-state index contributed by atoms with van der Waals surface area (Å²) in [7, 11) is 0. The van der Waals surface area contributed by atoms with E-state index in [1.165, 1.54) is 0 Å². The zero-order chi connectivity index (χ0) is 21.5. The molecule has 30 heavy (non-hydrogen) atoms. The molecule has 0 atom stereocenters. The zero-order valence-electron chi connectivity index (χ0n) is 17.0. The van der Waals surface area contributed by atoms with Crippen molar-refractivity contribution in [2.24, 2.45) is 0 Å². The minimum Gasteiger partial charge on any atom is -0.484 e. The van der Waals surface area contributed by atoms with Gasteiger partial charge < -0.3 is 4.74 Å². The topological polar surface area (TPSA) is 84.5 Å². The van der Waals surface area contributed by atoms with Crippen molar-refractivity contribution in [3.05, 3.63) is 77.4 Å². The Morgan fingerprint density at radius 1 is 0.767 bits per heavy atom. The summed E-state index contributed by atoms with van der Waals surface area (Å²) in [5.74, 6) is -0.466. The SMILES string of the molecule is Cc1ccc(OCC(=O)NNC(=O)CCC(=O)c2ccc3ccccc3c2)cc1C. The lowest BCUT2D eigenvalue weighted by molar-refractivity contribution is -0.130. The molecule has 6 heteroatoms. The van der Waals surface area contributed by atoms with Gasteiger partial charge in [0.25, 0.3) is 5.91 Å². The second kappa shape index (κ2) is 9.69. The molecule has 0 aliphatic rings. The number of rotatable bonds is 7. The summed E-state index contributed by atoms with van der Waals surface area (Å²) in [4.78, 5) is 36.1. The Hall–Kier alpha value is -3.67. The number of benzene rings is 3. The van der Waals surface area contributed by atoms with Gasteiger partial charge in [-0.1, -0.05) is 42.5 Å². The molecule has 0 aliphatic carbocycles. The molecule has 6 nitrogen and oxygen atoms in total. The highest BCUT2D eigenvalue weighted by Crippen LogP contribution is 2.17. The second-order valence-electron chi connectivity index (χ2n) is 7.12. The third-order valence-electron chi connectivity index (χ3n) is 4.84. The molecule has 0 heterocycles. The molecule has 3 aromatic carbocycles. The number of hydrogen-bond donors (Lipinski definition) is 2. The standard InChI is InChI=1S/C24H24N2O4/c1-16-7-10-21(13-17(16)2)30-15-24(29)26-25-23(28)12-11-22(27)20-9-8-18-5-3-4-6-19(18)14-20/h3-10,13-14H,11-12,15H2,1-2H3,(H,25,28)(H,26,29). The van der Waals surface area contributed by atoms with Crippen LogP contribution in [0.4, 0.5) is 0 Å². The lowest BCUT2D eigenvalue weighted by Gasteiger charge is -2.10. The highest BCUT2D eigenvalue weighted by Gasteiger charge is 2.11. The molecule has 154 valence electrons. The van der Waals surface area contributed by atoms with Crippen LogP contribution in [0.5, 0.6) is 5.75 Å². The van der Waals surface area contributed by atoms with Gasteiger partial charge in [-0.3, -0.25) is 25.2 Å². The van der Waals surface area contributed by atoms with Crippen molar-refractivity contribution in [2.75, 3.05) is 6.61 Å². The van der Waals surface area contributed by atoms with Crippen molar-refractivity contribution >= 4 is 28.4 Å². The van der Waals surface area contributed by atoms with Crippen LogP contribution in [0.3, 0.4) is 0 Å². The summed E-state index contributed by atoms with van der Waals surface area (Å²) in [6, 6.07) is 18.8. The van der Waals surface area contributed by atoms with E-state index in [1.54, 1.807) is 12.1 Å². The molecule has 0 bridgehead atoms. The van der Waals surface area contributed by atoms with E-state index in [0.717, 1.165) is 21.9 Å². The maximum absolute atomic E-state index is 12.4. The van der Waals surface area contributed by atoms with Gasteiger partial charge in [-0.15, -0.1) is 0 Å². The summed E-state index contributed by atoms with van der Waals surface area (Å²) in [6.45, 7) is 3.73. The molecule has 3 rings (SSSR count). The van der Waals surface area contributed by atoms with Crippen LogP contribution in [0.15, 0.2) is 60.7 Å². The van der Waals surface area contributed by atoms with Gasteiger partial charge in [0.05, 0.1) is 0 Å². The molecule has 0 unspecified atom stereocenters. The fraction of sp³-hybridized carbons (Fsp3) is 0.208. The molecular formula is C24H24N2O4. The number of amides is 2. The normalized spacial score (nSPS) is 10.5. The van der Waals surface area contributed by atoms with Gasteiger partial charge in [0.15, 0.2) is 12.4 Å². The highest BCUT2D eigenvalue weighted by molar-refractivity contribution is 6.01. The summed E-state index contributed by atoms with van der Waals surface area (Å²) in [5.41, 5.74) is 7.36. The first-order chi connectivity index (χ1) is 14.4. The largest absolute Gasteiger partial charge is 0.484 e.